The van der Waals surface area contributed by atoms with E-state index in [0.29, 0.717) is 22.7 Å². The maximum Gasteiger partial charge on any atom is 0.310 e. The molecule has 5 rings (SSSR count). The third kappa shape index (κ3) is 6.21. The number of hydrogen-bond acceptors (Lipinski definition) is 5. The first-order chi connectivity index (χ1) is 20.5. The summed E-state index contributed by atoms with van der Waals surface area (Å²) in [7, 11) is 4.77. The summed E-state index contributed by atoms with van der Waals surface area (Å²) in [5, 5.41) is 0. The van der Waals surface area contributed by atoms with Gasteiger partial charge >= 0.3 is 5.97 Å². The molecule has 8 unspecified atom stereocenters. The van der Waals surface area contributed by atoms with Gasteiger partial charge in [-0.1, -0.05) is 65.5 Å². The second-order valence-corrected chi connectivity index (χ2v) is 15.4. The van der Waals surface area contributed by atoms with Crippen LogP contribution in [0, 0.1) is 46.3 Å². The molecule has 8 atom stereocenters. The van der Waals surface area contributed by atoms with Crippen molar-refractivity contribution in [3.8, 4) is 17.2 Å². The summed E-state index contributed by atoms with van der Waals surface area (Å²) >= 11 is 0. The van der Waals surface area contributed by atoms with Gasteiger partial charge in [0.15, 0.2) is 11.5 Å². The van der Waals surface area contributed by atoms with Gasteiger partial charge in [-0.25, -0.2) is 0 Å². The molecule has 3 fully saturated rings. The van der Waals surface area contributed by atoms with Crippen molar-refractivity contribution in [2.75, 3.05) is 21.3 Å². The van der Waals surface area contributed by atoms with E-state index in [4.69, 9.17) is 18.9 Å². The number of allylic oxidation sites excluding steroid dienone is 1. The quantitative estimate of drug-likeness (QED) is 0.189. The van der Waals surface area contributed by atoms with E-state index >= 15 is 0 Å². The normalized spacial score (nSPS) is 34.0. The Morgan fingerprint density at radius 3 is 2.28 bits per heavy atom. The van der Waals surface area contributed by atoms with Crippen molar-refractivity contribution in [1.82, 2.24) is 0 Å². The molecule has 0 aromatic heterocycles. The van der Waals surface area contributed by atoms with Crippen molar-refractivity contribution < 1.29 is 23.7 Å². The molecular formula is C38H58O5. The van der Waals surface area contributed by atoms with Gasteiger partial charge in [0.05, 0.1) is 27.8 Å². The highest BCUT2D eigenvalue weighted by Gasteiger charge is 2.59. The van der Waals surface area contributed by atoms with Crippen LogP contribution in [0.3, 0.4) is 0 Å². The average molecular weight is 595 g/mol. The van der Waals surface area contributed by atoms with Crippen LogP contribution in [0.25, 0.3) is 0 Å². The third-order valence-electron chi connectivity index (χ3n) is 12.6. The second-order valence-electron chi connectivity index (χ2n) is 15.4. The number of hydrogen-bond donors (Lipinski definition) is 0. The smallest absolute Gasteiger partial charge is 0.310 e. The minimum Gasteiger partial charge on any atom is -0.493 e. The topological polar surface area (TPSA) is 54.0 Å². The Kier molecular flexibility index (Phi) is 9.78. The fourth-order valence-corrected chi connectivity index (χ4v) is 10.4. The lowest BCUT2D eigenvalue weighted by Gasteiger charge is -2.58. The molecule has 0 amide bonds. The van der Waals surface area contributed by atoms with Crippen LogP contribution in [0.5, 0.6) is 17.2 Å². The van der Waals surface area contributed by atoms with Crippen molar-refractivity contribution >= 4 is 5.97 Å². The molecular weight excluding hydrogens is 536 g/mol. The van der Waals surface area contributed by atoms with E-state index in [-0.39, 0.29) is 23.9 Å². The maximum absolute atomic E-state index is 13.1. The van der Waals surface area contributed by atoms with E-state index in [1.54, 1.807) is 26.9 Å². The van der Waals surface area contributed by atoms with E-state index < -0.39 is 0 Å². The van der Waals surface area contributed by atoms with E-state index in [1.165, 1.54) is 51.4 Å². The highest BCUT2D eigenvalue weighted by Crippen LogP contribution is 2.67. The number of carbonyl (C=O) groups is 1. The Hall–Kier alpha value is -2.17. The third-order valence-corrected chi connectivity index (χ3v) is 12.6. The van der Waals surface area contributed by atoms with Crippen molar-refractivity contribution in [1.29, 1.82) is 0 Å². The van der Waals surface area contributed by atoms with E-state index in [0.717, 1.165) is 60.3 Å². The van der Waals surface area contributed by atoms with Gasteiger partial charge in [0.2, 0.25) is 5.75 Å². The standard InChI is InChI=1S/C38H58O5/c1-24(2)10-9-11-25(3)30-14-15-31-29-13-12-27-23-28(16-18-37(27,4)32(29)17-19-38(30,31)5)43-35(39)22-26-20-33(40-6)36(42-8)34(21-26)41-7/h12,20-21,24-25,28-32H,9-11,13-19,22-23H2,1-8H3. The zero-order chi connectivity index (χ0) is 30.9. The molecule has 5 nitrogen and oxygen atoms in total. The molecule has 4 aliphatic carbocycles. The number of ether oxygens (including phenoxy) is 4. The second kappa shape index (κ2) is 13.1. The summed E-state index contributed by atoms with van der Waals surface area (Å²) in [4.78, 5) is 13.1. The predicted molar refractivity (Wildman–Crippen MR) is 173 cm³/mol. The fourth-order valence-electron chi connectivity index (χ4n) is 10.4. The largest absolute Gasteiger partial charge is 0.493 e. The average Bonchev–Trinajstić information content (AvgIpc) is 3.33. The molecule has 240 valence electrons. The van der Waals surface area contributed by atoms with Crippen molar-refractivity contribution in [3.63, 3.8) is 0 Å². The number of fused-ring (bicyclic) bond motifs is 5. The van der Waals surface area contributed by atoms with Gasteiger partial charge in [0, 0.05) is 6.42 Å². The van der Waals surface area contributed by atoms with Gasteiger partial charge in [-0.2, -0.15) is 0 Å². The first-order valence-corrected chi connectivity index (χ1v) is 17.2. The molecule has 0 saturated heterocycles. The highest BCUT2D eigenvalue weighted by molar-refractivity contribution is 5.74. The van der Waals surface area contributed by atoms with Crippen LogP contribution in [-0.2, 0) is 16.0 Å². The summed E-state index contributed by atoms with van der Waals surface area (Å²) in [6.45, 7) is 12.5. The molecule has 43 heavy (non-hydrogen) atoms. The van der Waals surface area contributed by atoms with E-state index in [1.807, 2.05) is 12.1 Å². The van der Waals surface area contributed by atoms with Gasteiger partial charge in [-0.15, -0.1) is 0 Å². The molecule has 1 aromatic rings. The molecule has 0 heterocycles. The lowest BCUT2D eigenvalue weighted by Crippen LogP contribution is -2.51. The Balaban J connectivity index is 1.22. The van der Waals surface area contributed by atoms with Crippen LogP contribution in [-0.4, -0.2) is 33.4 Å². The van der Waals surface area contributed by atoms with Crippen LogP contribution >= 0.6 is 0 Å². The molecule has 4 aliphatic rings. The summed E-state index contributed by atoms with van der Waals surface area (Å²) in [5.74, 6) is 6.47. The van der Waals surface area contributed by atoms with Crippen LogP contribution in [0.1, 0.15) is 111 Å². The van der Waals surface area contributed by atoms with Crippen molar-refractivity contribution in [2.45, 2.75) is 118 Å². The van der Waals surface area contributed by atoms with Gasteiger partial charge in [0.1, 0.15) is 6.10 Å². The Morgan fingerprint density at radius 2 is 1.63 bits per heavy atom. The number of rotatable bonds is 11. The van der Waals surface area contributed by atoms with Crippen molar-refractivity contribution in [2.24, 2.45) is 46.3 Å². The van der Waals surface area contributed by atoms with Gasteiger partial charge in [-0.05, 0) is 109 Å². The molecule has 0 spiro atoms. The lowest BCUT2D eigenvalue weighted by atomic mass is 9.47. The molecule has 0 N–H and O–H groups in total. The molecule has 5 heteroatoms. The first-order valence-electron chi connectivity index (χ1n) is 17.2. The summed E-state index contributed by atoms with van der Waals surface area (Å²) < 4.78 is 22.5. The molecule has 3 saturated carbocycles. The number of benzene rings is 1. The Labute approximate surface area is 261 Å². The zero-order valence-corrected chi connectivity index (χ0v) is 28.3. The van der Waals surface area contributed by atoms with Gasteiger partial charge in [0.25, 0.3) is 0 Å². The van der Waals surface area contributed by atoms with Crippen molar-refractivity contribution in [3.05, 3.63) is 29.3 Å². The zero-order valence-electron chi connectivity index (χ0n) is 28.3. The Bertz CT molecular complexity index is 1150. The van der Waals surface area contributed by atoms with E-state index in [2.05, 4.69) is 40.7 Å². The van der Waals surface area contributed by atoms with Gasteiger partial charge < -0.3 is 18.9 Å². The Morgan fingerprint density at radius 1 is 0.907 bits per heavy atom. The molecule has 1 aromatic carbocycles. The molecule has 0 aliphatic heterocycles. The SMILES string of the molecule is COc1cc(CC(=O)OC2CCC3(C)C(=CCC4C3CCC3(C)C(C(C)CCCC(C)C)CCC43)C2)cc(OC)c1OC. The first kappa shape index (κ1) is 32.2. The summed E-state index contributed by atoms with van der Waals surface area (Å²) in [6, 6.07) is 3.67. The lowest BCUT2D eigenvalue weighted by molar-refractivity contribution is -0.150. The van der Waals surface area contributed by atoms with Gasteiger partial charge in [-0.3, -0.25) is 4.79 Å². The number of esters is 1. The highest BCUT2D eigenvalue weighted by atomic mass is 16.5. The monoisotopic (exact) mass is 594 g/mol. The molecule has 0 radical (unpaired) electrons. The minimum absolute atomic E-state index is 0.0400. The summed E-state index contributed by atoms with van der Waals surface area (Å²) in [5.41, 5.74) is 3.13. The summed E-state index contributed by atoms with van der Waals surface area (Å²) in [6.07, 6.45) is 16.7. The van der Waals surface area contributed by atoms with E-state index in [9.17, 15) is 4.79 Å². The molecule has 0 bridgehead atoms. The fraction of sp³-hybridized carbons (Fsp3) is 0.763. The van der Waals surface area contributed by atoms with Crippen LogP contribution in [0.4, 0.5) is 0 Å². The predicted octanol–water partition coefficient (Wildman–Crippen LogP) is 9.21. The minimum atomic E-state index is -0.190. The number of carbonyl (C=O) groups excluding carboxylic acids is 1. The maximum atomic E-state index is 13.1. The van der Waals surface area contributed by atoms with Crippen LogP contribution in [0.2, 0.25) is 0 Å². The van der Waals surface area contributed by atoms with Crippen LogP contribution in [0.15, 0.2) is 23.8 Å². The number of methoxy groups -OCH3 is 3. The van der Waals surface area contributed by atoms with Crippen LogP contribution < -0.4 is 14.2 Å².